The number of benzene rings is 1. The molecule has 0 aromatic heterocycles. The van der Waals surface area contributed by atoms with E-state index in [4.69, 9.17) is 5.21 Å². The molecule has 1 atom stereocenters. The van der Waals surface area contributed by atoms with Gasteiger partial charge in [-0.15, -0.1) is 0 Å². The second-order valence-electron chi connectivity index (χ2n) is 6.67. The highest BCUT2D eigenvalue weighted by Gasteiger charge is 2.21. The molecule has 0 aliphatic heterocycles. The average Bonchev–Trinajstić information content (AvgIpc) is 2.45. The van der Waals surface area contributed by atoms with Crippen LogP contribution in [-0.4, -0.2) is 23.2 Å². The zero-order chi connectivity index (χ0) is 16.9. The fraction of sp³-hybridized carbons (Fsp3) is 0.471. The van der Waals surface area contributed by atoms with Crippen LogP contribution in [-0.2, 0) is 4.79 Å². The predicted molar refractivity (Wildman–Crippen MR) is 86.2 cm³/mol. The van der Waals surface area contributed by atoms with Gasteiger partial charge in [-0.3, -0.25) is 14.8 Å². The fourth-order valence-corrected chi connectivity index (χ4v) is 1.91. The molecular formula is C17H24N2O3. The Labute approximate surface area is 131 Å². The number of nitrogens with one attached hydrogen (secondary N) is 1. The van der Waals surface area contributed by atoms with Gasteiger partial charge in [0.05, 0.1) is 0 Å². The molecule has 0 aliphatic carbocycles. The van der Waals surface area contributed by atoms with Crippen LogP contribution in [0.5, 0.6) is 0 Å². The summed E-state index contributed by atoms with van der Waals surface area (Å²) in [5, 5.41) is 8.62. The summed E-state index contributed by atoms with van der Waals surface area (Å²) in [7, 11) is 0. The van der Waals surface area contributed by atoms with Gasteiger partial charge in [0.1, 0.15) is 0 Å². The number of hydroxylamine groups is 1. The molecule has 5 nitrogen and oxygen atoms in total. The number of amides is 2. The van der Waals surface area contributed by atoms with Gasteiger partial charge in [-0.25, -0.2) is 10.5 Å². The van der Waals surface area contributed by atoms with Crippen LogP contribution in [0.25, 0.3) is 0 Å². The number of nitrogens with zero attached hydrogens (tertiary/aromatic N) is 1. The van der Waals surface area contributed by atoms with Gasteiger partial charge in [-0.05, 0) is 23.6 Å². The summed E-state index contributed by atoms with van der Waals surface area (Å²) in [5.41, 5.74) is 2.44. The maximum Gasteiger partial charge on any atom is 0.274 e. The molecule has 1 aromatic carbocycles. The Bertz CT molecular complexity index is 554. The highest BCUT2D eigenvalue weighted by atomic mass is 16.5. The van der Waals surface area contributed by atoms with Crippen LogP contribution in [0.3, 0.4) is 0 Å². The highest BCUT2D eigenvalue weighted by Crippen LogP contribution is 2.24. The lowest BCUT2D eigenvalue weighted by molar-refractivity contribution is -0.124. The van der Waals surface area contributed by atoms with Crippen molar-refractivity contribution in [3.05, 3.63) is 35.4 Å². The van der Waals surface area contributed by atoms with Crippen molar-refractivity contribution in [1.29, 1.82) is 0 Å². The lowest BCUT2D eigenvalue weighted by Crippen LogP contribution is -2.20. The summed E-state index contributed by atoms with van der Waals surface area (Å²) in [6.07, 6.45) is 1.68. The molecule has 1 unspecified atom stereocenters. The quantitative estimate of drug-likeness (QED) is 0.509. The van der Waals surface area contributed by atoms with Crippen molar-refractivity contribution in [2.24, 2.45) is 16.3 Å². The van der Waals surface area contributed by atoms with Crippen LogP contribution in [0.1, 0.15) is 56.5 Å². The van der Waals surface area contributed by atoms with Gasteiger partial charge in [0.15, 0.2) is 0 Å². The number of rotatable bonds is 4. The van der Waals surface area contributed by atoms with E-state index in [1.54, 1.807) is 23.8 Å². The smallest absolute Gasteiger partial charge is 0.274 e. The number of aliphatic imine (C=N–C) groups is 1. The zero-order valence-corrected chi connectivity index (χ0v) is 13.8. The summed E-state index contributed by atoms with van der Waals surface area (Å²) < 4.78 is 0. The van der Waals surface area contributed by atoms with Gasteiger partial charge in [-0.2, -0.15) is 0 Å². The van der Waals surface area contributed by atoms with Crippen molar-refractivity contribution in [2.45, 2.75) is 40.5 Å². The molecule has 0 aliphatic rings. The van der Waals surface area contributed by atoms with E-state index in [9.17, 15) is 9.59 Å². The zero-order valence-electron chi connectivity index (χ0n) is 13.8. The van der Waals surface area contributed by atoms with Gasteiger partial charge in [0, 0.05) is 23.1 Å². The van der Waals surface area contributed by atoms with Crippen molar-refractivity contribution in [2.75, 3.05) is 0 Å². The molecule has 0 heterocycles. The molecular weight excluding hydrogens is 280 g/mol. The normalized spacial score (nSPS) is 13.4. The third-order valence-electron chi connectivity index (χ3n) is 3.37. The minimum absolute atomic E-state index is 0.0162. The van der Waals surface area contributed by atoms with E-state index in [2.05, 4.69) is 4.99 Å². The van der Waals surface area contributed by atoms with Crippen molar-refractivity contribution in [3.63, 3.8) is 0 Å². The maximum absolute atomic E-state index is 11.9. The Morgan fingerprint density at radius 3 is 2.14 bits per heavy atom. The second kappa shape index (κ2) is 7.31. The number of carbonyl (C=O) groups is 2. The van der Waals surface area contributed by atoms with E-state index in [1.807, 2.05) is 46.8 Å². The molecule has 0 bridgehead atoms. The minimum atomic E-state index is -0.552. The van der Waals surface area contributed by atoms with E-state index < -0.39 is 11.3 Å². The van der Waals surface area contributed by atoms with Gasteiger partial charge in [0.25, 0.3) is 11.8 Å². The lowest BCUT2D eigenvalue weighted by atomic mass is 9.88. The van der Waals surface area contributed by atoms with E-state index in [-0.39, 0.29) is 17.7 Å². The van der Waals surface area contributed by atoms with Crippen LogP contribution in [0.4, 0.5) is 0 Å². The summed E-state index contributed by atoms with van der Waals surface area (Å²) >= 11 is 0. The number of carbonyl (C=O) groups excluding carboxylic acids is 2. The van der Waals surface area contributed by atoms with Crippen molar-refractivity contribution in [1.82, 2.24) is 5.48 Å². The topological polar surface area (TPSA) is 78.8 Å². The molecule has 1 rings (SSSR count). The second-order valence-corrected chi connectivity index (χ2v) is 6.67. The molecule has 0 fully saturated rings. The fourth-order valence-electron chi connectivity index (χ4n) is 1.91. The summed E-state index contributed by atoms with van der Waals surface area (Å²) in [6.45, 7) is 9.59. The molecule has 22 heavy (non-hydrogen) atoms. The van der Waals surface area contributed by atoms with Gasteiger partial charge < -0.3 is 0 Å². The largest absolute Gasteiger partial charge is 0.288 e. The first-order valence-corrected chi connectivity index (χ1v) is 7.30. The Hall–Kier alpha value is -2.01. The van der Waals surface area contributed by atoms with Crippen molar-refractivity contribution < 1.29 is 14.8 Å². The molecule has 0 radical (unpaired) electrons. The third kappa shape index (κ3) is 4.77. The molecule has 0 saturated carbocycles. The van der Waals surface area contributed by atoms with Crippen molar-refractivity contribution in [3.8, 4) is 0 Å². The number of hydrogen-bond donors (Lipinski definition) is 2. The Morgan fingerprint density at radius 2 is 1.73 bits per heavy atom. The molecule has 120 valence electrons. The van der Waals surface area contributed by atoms with Gasteiger partial charge >= 0.3 is 0 Å². The van der Waals surface area contributed by atoms with Gasteiger partial charge in [-0.1, -0.05) is 46.8 Å². The minimum Gasteiger partial charge on any atom is -0.288 e. The first kappa shape index (κ1) is 18.0. The Morgan fingerprint density at radius 1 is 1.18 bits per heavy atom. The maximum atomic E-state index is 11.9. The lowest BCUT2D eigenvalue weighted by Gasteiger charge is -2.18. The Kier molecular flexibility index (Phi) is 6.00. The van der Waals surface area contributed by atoms with Crippen LogP contribution in [0.2, 0.25) is 0 Å². The van der Waals surface area contributed by atoms with E-state index in [1.165, 1.54) is 0 Å². The van der Waals surface area contributed by atoms with Crippen LogP contribution in [0.15, 0.2) is 29.3 Å². The average molecular weight is 304 g/mol. The third-order valence-corrected chi connectivity index (χ3v) is 3.37. The molecule has 2 amide bonds. The van der Waals surface area contributed by atoms with Gasteiger partial charge in [0.2, 0.25) is 0 Å². The first-order valence-electron chi connectivity index (χ1n) is 7.30. The summed E-state index contributed by atoms with van der Waals surface area (Å²) in [5.74, 6) is -0.467. The SMILES string of the molecule is CC(C)C(C=NC(=O)C(C)(C)C)c1ccc(C(=O)NO)cc1. The van der Waals surface area contributed by atoms with E-state index >= 15 is 0 Å². The van der Waals surface area contributed by atoms with Crippen LogP contribution >= 0.6 is 0 Å². The molecule has 0 saturated heterocycles. The van der Waals surface area contributed by atoms with Crippen LogP contribution in [0, 0.1) is 11.3 Å². The van der Waals surface area contributed by atoms with E-state index in [0.717, 1.165) is 5.56 Å². The standard InChI is InChI=1S/C17H24N2O3/c1-11(2)14(10-18-16(21)17(3,4)5)12-6-8-13(9-7-12)15(20)19-22/h6-11,14,22H,1-5H3,(H,19,20). The molecule has 5 heteroatoms. The highest BCUT2D eigenvalue weighted by molar-refractivity contribution is 5.93. The first-order chi connectivity index (χ1) is 10.2. The monoisotopic (exact) mass is 304 g/mol. The number of hydrogen-bond acceptors (Lipinski definition) is 3. The predicted octanol–water partition coefficient (Wildman–Crippen LogP) is 3.19. The molecule has 0 spiro atoms. The summed E-state index contributed by atoms with van der Waals surface area (Å²) in [4.78, 5) is 27.3. The van der Waals surface area contributed by atoms with Crippen molar-refractivity contribution >= 4 is 18.0 Å². The van der Waals surface area contributed by atoms with Crippen LogP contribution < -0.4 is 5.48 Å². The molecule has 2 N–H and O–H groups in total. The Balaban J connectivity index is 2.99. The summed E-state index contributed by atoms with van der Waals surface area (Å²) in [6, 6.07) is 6.89. The van der Waals surface area contributed by atoms with E-state index in [0.29, 0.717) is 5.56 Å². The molecule has 1 aromatic rings.